The first-order chi connectivity index (χ1) is 9.08. The Morgan fingerprint density at radius 1 is 1.00 bits per heavy atom. The van der Waals surface area contributed by atoms with Gasteiger partial charge < -0.3 is 0 Å². The molecule has 0 unspecified atom stereocenters. The lowest BCUT2D eigenvalue weighted by atomic mass is 10.2. The van der Waals surface area contributed by atoms with Crippen molar-refractivity contribution in [2.45, 2.75) is 0 Å². The Balaban J connectivity index is 2.31. The standard InChI is InChI=1S/C13H6F3NOS/c14-9-5-7(6-10(15)12(9)16)17-13(18)8-3-1-2-4-11(8)19-17/h1-6H. The fourth-order valence-electron chi connectivity index (χ4n) is 1.80. The van der Waals surface area contributed by atoms with Gasteiger partial charge in [0.15, 0.2) is 17.5 Å². The van der Waals surface area contributed by atoms with Gasteiger partial charge in [-0.2, -0.15) is 0 Å². The molecule has 1 heterocycles. The molecule has 0 bridgehead atoms. The van der Waals surface area contributed by atoms with Crippen molar-refractivity contribution in [3.63, 3.8) is 0 Å². The van der Waals surface area contributed by atoms with Gasteiger partial charge in [0.2, 0.25) is 0 Å². The summed E-state index contributed by atoms with van der Waals surface area (Å²) in [6.45, 7) is 0. The van der Waals surface area contributed by atoms with Crippen molar-refractivity contribution >= 4 is 21.6 Å². The van der Waals surface area contributed by atoms with Crippen molar-refractivity contribution in [1.29, 1.82) is 0 Å². The van der Waals surface area contributed by atoms with Crippen LogP contribution in [0.3, 0.4) is 0 Å². The summed E-state index contributed by atoms with van der Waals surface area (Å²) in [7, 11) is 0. The van der Waals surface area contributed by atoms with Crippen molar-refractivity contribution in [2.24, 2.45) is 0 Å². The Kier molecular flexibility index (Phi) is 2.67. The Hall–Kier alpha value is -2.08. The molecule has 0 radical (unpaired) electrons. The van der Waals surface area contributed by atoms with Crippen LogP contribution in [0.5, 0.6) is 0 Å². The van der Waals surface area contributed by atoms with E-state index in [-0.39, 0.29) is 11.2 Å². The molecule has 0 aliphatic rings. The molecule has 3 aromatic rings. The molecule has 0 spiro atoms. The number of rotatable bonds is 1. The van der Waals surface area contributed by atoms with Gasteiger partial charge in [-0.15, -0.1) is 0 Å². The molecule has 96 valence electrons. The van der Waals surface area contributed by atoms with Crippen LogP contribution in [-0.4, -0.2) is 3.96 Å². The van der Waals surface area contributed by atoms with Gasteiger partial charge >= 0.3 is 0 Å². The van der Waals surface area contributed by atoms with Crippen molar-refractivity contribution in [2.75, 3.05) is 0 Å². The number of hydrogen-bond acceptors (Lipinski definition) is 2. The second-order valence-corrected chi connectivity index (χ2v) is 4.90. The van der Waals surface area contributed by atoms with E-state index in [4.69, 9.17) is 0 Å². The van der Waals surface area contributed by atoms with E-state index >= 15 is 0 Å². The largest absolute Gasteiger partial charge is 0.273 e. The minimum Gasteiger partial charge on any atom is -0.267 e. The van der Waals surface area contributed by atoms with Gasteiger partial charge in [-0.05, 0) is 12.1 Å². The summed E-state index contributed by atoms with van der Waals surface area (Å²) in [5, 5.41) is 0.456. The molecule has 3 rings (SSSR count). The van der Waals surface area contributed by atoms with E-state index < -0.39 is 17.5 Å². The number of halogens is 3. The van der Waals surface area contributed by atoms with Gasteiger partial charge in [0.1, 0.15) is 0 Å². The zero-order valence-corrected chi connectivity index (χ0v) is 10.2. The highest BCUT2D eigenvalue weighted by Crippen LogP contribution is 2.22. The molecule has 2 nitrogen and oxygen atoms in total. The molecule has 0 N–H and O–H groups in total. The highest BCUT2D eigenvalue weighted by atomic mass is 32.1. The van der Waals surface area contributed by atoms with Crippen LogP contribution in [0.4, 0.5) is 13.2 Å². The van der Waals surface area contributed by atoms with Crippen LogP contribution in [0.25, 0.3) is 15.8 Å². The van der Waals surface area contributed by atoms with Crippen LogP contribution < -0.4 is 5.56 Å². The lowest BCUT2D eigenvalue weighted by Gasteiger charge is -2.02. The van der Waals surface area contributed by atoms with Crippen LogP contribution in [-0.2, 0) is 0 Å². The first-order valence-corrected chi connectivity index (χ1v) is 6.11. The molecular weight excluding hydrogens is 275 g/mol. The molecule has 0 aliphatic heterocycles. The summed E-state index contributed by atoms with van der Waals surface area (Å²) in [5.74, 6) is -4.18. The summed E-state index contributed by atoms with van der Waals surface area (Å²) in [6, 6.07) is 8.42. The molecule has 19 heavy (non-hydrogen) atoms. The first kappa shape index (κ1) is 12.0. The van der Waals surface area contributed by atoms with Gasteiger partial charge in [-0.3, -0.25) is 4.79 Å². The van der Waals surface area contributed by atoms with Crippen LogP contribution in [0.15, 0.2) is 41.2 Å². The Morgan fingerprint density at radius 3 is 2.26 bits per heavy atom. The summed E-state index contributed by atoms with van der Waals surface area (Å²) in [5.41, 5.74) is -0.409. The smallest absolute Gasteiger partial charge is 0.267 e. The quantitative estimate of drug-likeness (QED) is 0.626. The van der Waals surface area contributed by atoms with E-state index in [1.54, 1.807) is 24.3 Å². The third-order valence-electron chi connectivity index (χ3n) is 2.69. The minimum absolute atomic E-state index is 0.0254. The van der Waals surface area contributed by atoms with Crippen LogP contribution in [0.2, 0.25) is 0 Å². The van der Waals surface area contributed by atoms with Crippen LogP contribution in [0.1, 0.15) is 0 Å². The summed E-state index contributed by atoms with van der Waals surface area (Å²) < 4.78 is 41.1. The van der Waals surface area contributed by atoms with E-state index in [0.29, 0.717) is 10.1 Å². The minimum atomic E-state index is -1.54. The normalized spacial score (nSPS) is 11.1. The molecule has 0 amide bonds. The molecule has 0 saturated heterocycles. The molecule has 0 saturated carbocycles. The lowest BCUT2D eigenvalue weighted by molar-refractivity contribution is 0.446. The summed E-state index contributed by atoms with van der Waals surface area (Å²) in [4.78, 5) is 12.1. The second-order valence-electron chi connectivity index (χ2n) is 3.91. The molecule has 2 aromatic carbocycles. The fraction of sp³-hybridized carbons (Fsp3) is 0. The maximum Gasteiger partial charge on any atom is 0.273 e. The van der Waals surface area contributed by atoms with Gasteiger partial charge in [-0.25, -0.2) is 17.1 Å². The van der Waals surface area contributed by atoms with E-state index in [1.807, 2.05) is 0 Å². The first-order valence-electron chi connectivity index (χ1n) is 5.34. The van der Waals surface area contributed by atoms with E-state index in [1.165, 1.54) is 0 Å². The molecule has 0 atom stereocenters. The van der Waals surface area contributed by atoms with Gasteiger partial charge in [0.25, 0.3) is 5.56 Å². The number of nitrogens with zero attached hydrogens (tertiary/aromatic N) is 1. The monoisotopic (exact) mass is 281 g/mol. The zero-order valence-electron chi connectivity index (χ0n) is 9.36. The van der Waals surface area contributed by atoms with Crippen LogP contribution >= 0.6 is 11.5 Å². The number of fused-ring (bicyclic) bond motifs is 1. The molecule has 6 heteroatoms. The molecule has 0 fully saturated rings. The maximum absolute atomic E-state index is 13.2. The van der Waals surface area contributed by atoms with Crippen molar-refractivity contribution < 1.29 is 13.2 Å². The summed E-state index contributed by atoms with van der Waals surface area (Å²) in [6.07, 6.45) is 0. The Labute approximate surface area is 109 Å². The Morgan fingerprint density at radius 2 is 1.63 bits per heavy atom. The third-order valence-corrected chi connectivity index (χ3v) is 3.81. The maximum atomic E-state index is 13.2. The number of hydrogen-bond donors (Lipinski definition) is 0. The molecular formula is C13H6F3NOS. The summed E-state index contributed by atoms with van der Waals surface area (Å²) >= 11 is 1.05. The van der Waals surface area contributed by atoms with Crippen molar-refractivity contribution in [1.82, 2.24) is 3.96 Å². The van der Waals surface area contributed by atoms with Crippen molar-refractivity contribution in [3.8, 4) is 5.69 Å². The SMILES string of the molecule is O=c1c2ccccc2sn1-c1cc(F)c(F)c(F)c1. The van der Waals surface area contributed by atoms with Crippen molar-refractivity contribution in [3.05, 3.63) is 64.2 Å². The number of benzene rings is 2. The highest BCUT2D eigenvalue weighted by Gasteiger charge is 2.14. The van der Waals surface area contributed by atoms with Gasteiger partial charge in [-0.1, -0.05) is 23.7 Å². The van der Waals surface area contributed by atoms with Crippen LogP contribution in [0, 0.1) is 17.5 Å². The highest BCUT2D eigenvalue weighted by molar-refractivity contribution is 7.14. The fourth-order valence-corrected chi connectivity index (χ4v) is 2.78. The van der Waals surface area contributed by atoms with E-state index in [9.17, 15) is 18.0 Å². The zero-order chi connectivity index (χ0) is 13.6. The topological polar surface area (TPSA) is 22.0 Å². The average molecular weight is 281 g/mol. The third kappa shape index (κ3) is 1.84. The van der Waals surface area contributed by atoms with E-state index in [2.05, 4.69) is 0 Å². The molecule has 1 aromatic heterocycles. The predicted octanol–water partition coefficient (Wildman–Crippen LogP) is 3.47. The van der Waals surface area contributed by atoms with Gasteiger partial charge in [0.05, 0.1) is 15.8 Å². The van der Waals surface area contributed by atoms with Gasteiger partial charge in [0, 0.05) is 12.1 Å². The molecule has 0 aliphatic carbocycles. The van der Waals surface area contributed by atoms with E-state index in [0.717, 1.165) is 27.6 Å². The predicted molar refractivity (Wildman–Crippen MR) is 67.3 cm³/mol. The second kappa shape index (κ2) is 4.24. The average Bonchev–Trinajstić information content (AvgIpc) is 2.73. The lowest BCUT2D eigenvalue weighted by Crippen LogP contribution is -2.11. The number of aromatic nitrogens is 1. The Bertz CT molecular complexity index is 814.